The summed E-state index contributed by atoms with van der Waals surface area (Å²) in [6.45, 7) is 2.37. The molecule has 24 heavy (non-hydrogen) atoms. The van der Waals surface area contributed by atoms with E-state index in [9.17, 15) is 9.50 Å². The molecule has 0 aliphatic heterocycles. The molecule has 0 saturated heterocycles. The van der Waals surface area contributed by atoms with Crippen LogP contribution in [0.25, 0.3) is 0 Å². The third kappa shape index (κ3) is 4.79. The molecule has 0 aliphatic carbocycles. The minimum Gasteiger partial charge on any atom is -0.491 e. The first kappa shape index (κ1) is 17.9. The number of nitriles is 1. The van der Waals surface area contributed by atoms with Crippen molar-refractivity contribution in [3.63, 3.8) is 0 Å². The molecule has 4 nitrogen and oxygen atoms in total. The van der Waals surface area contributed by atoms with Crippen LogP contribution < -0.4 is 4.74 Å². The quantitative estimate of drug-likeness (QED) is 0.848. The van der Waals surface area contributed by atoms with Gasteiger partial charge >= 0.3 is 0 Å². The van der Waals surface area contributed by atoms with Gasteiger partial charge in [0.15, 0.2) is 0 Å². The zero-order valence-electron chi connectivity index (χ0n) is 13.8. The van der Waals surface area contributed by atoms with Gasteiger partial charge in [-0.3, -0.25) is 4.90 Å². The lowest BCUT2D eigenvalue weighted by molar-refractivity contribution is 0.0649. The van der Waals surface area contributed by atoms with Crippen LogP contribution in [0.15, 0.2) is 48.5 Å². The topological polar surface area (TPSA) is 56.5 Å². The van der Waals surface area contributed by atoms with Gasteiger partial charge in [0.25, 0.3) is 0 Å². The highest BCUT2D eigenvalue weighted by atomic mass is 19.1. The highest BCUT2D eigenvalue weighted by Crippen LogP contribution is 2.21. The van der Waals surface area contributed by atoms with E-state index in [1.165, 1.54) is 6.07 Å². The number of halogens is 1. The molecule has 0 aliphatic rings. The van der Waals surface area contributed by atoms with Crippen molar-refractivity contribution in [3.05, 3.63) is 65.5 Å². The van der Waals surface area contributed by atoms with Crippen molar-refractivity contribution in [2.75, 3.05) is 20.2 Å². The average molecular weight is 328 g/mol. The number of rotatable bonds is 7. The molecule has 0 bridgehead atoms. The second-order valence-corrected chi connectivity index (χ2v) is 5.74. The number of aliphatic hydroxyl groups is 1. The molecule has 0 aromatic heterocycles. The number of ether oxygens (including phenoxy) is 1. The van der Waals surface area contributed by atoms with E-state index in [0.717, 1.165) is 0 Å². The number of hydrogen-bond acceptors (Lipinski definition) is 4. The standard InChI is InChI=1S/C19H21FN2O2/c1-14(18-5-3-4-6-19(18)20)22(2)12-16(23)13-24-17-9-7-15(11-21)8-10-17/h3-10,14,16,23H,12-13H2,1-2H3. The van der Waals surface area contributed by atoms with Crippen molar-refractivity contribution >= 4 is 0 Å². The highest BCUT2D eigenvalue weighted by Gasteiger charge is 2.18. The molecule has 0 fully saturated rings. The fraction of sp³-hybridized carbons (Fsp3) is 0.316. The van der Waals surface area contributed by atoms with Crippen LogP contribution in [-0.2, 0) is 0 Å². The van der Waals surface area contributed by atoms with E-state index < -0.39 is 6.10 Å². The first-order valence-electron chi connectivity index (χ1n) is 7.77. The number of aliphatic hydroxyl groups excluding tert-OH is 1. The Kier molecular flexibility index (Phi) is 6.30. The van der Waals surface area contributed by atoms with Crippen LogP contribution in [0, 0.1) is 17.1 Å². The van der Waals surface area contributed by atoms with Crippen molar-refractivity contribution in [2.45, 2.75) is 19.1 Å². The van der Waals surface area contributed by atoms with Crippen molar-refractivity contribution in [1.29, 1.82) is 5.26 Å². The maximum Gasteiger partial charge on any atom is 0.127 e. The van der Waals surface area contributed by atoms with Gasteiger partial charge in [0.1, 0.15) is 24.3 Å². The second kappa shape index (κ2) is 8.44. The van der Waals surface area contributed by atoms with E-state index in [1.54, 1.807) is 42.5 Å². The van der Waals surface area contributed by atoms with E-state index in [-0.39, 0.29) is 18.5 Å². The first-order chi connectivity index (χ1) is 11.5. The van der Waals surface area contributed by atoms with Crippen LogP contribution in [0.2, 0.25) is 0 Å². The Morgan fingerprint density at radius 1 is 1.21 bits per heavy atom. The van der Waals surface area contributed by atoms with Crippen molar-refractivity contribution in [2.24, 2.45) is 0 Å². The molecule has 126 valence electrons. The Hall–Kier alpha value is -2.42. The van der Waals surface area contributed by atoms with Gasteiger partial charge in [-0.25, -0.2) is 4.39 Å². The largest absolute Gasteiger partial charge is 0.491 e. The maximum absolute atomic E-state index is 13.8. The smallest absolute Gasteiger partial charge is 0.127 e. The minimum atomic E-state index is -0.708. The van der Waals surface area contributed by atoms with Gasteiger partial charge in [-0.2, -0.15) is 5.26 Å². The molecule has 2 aromatic rings. The molecule has 0 heterocycles. The third-order valence-electron chi connectivity index (χ3n) is 3.94. The summed E-state index contributed by atoms with van der Waals surface area (Å²) >= 11 is 0. The third-order valence-corrected chi connectivity index (χ3v) is 3.94. The molecule has 2 rings (SSSR count). The predicted molar refractivity (Wildman–Crippen MR) is 90.1 cm³/mol. The van der Waals surface area contributed by atoms with E-state index >= 15 is 0 Å². The lowest BCUT2D eigenvalue weighted by Gasteiger charge is -2.27. The molecular formula is C19H21FN2O2. The molecule has 0 amide bonds. The molecule has 2 aromatic carbocycles. The highest BCUT2D eigenvalue weighted by molar-refractivity contribution is 5.34. The molecule has 0 spiro atoms. The van der Waals surface area contributed by atoms with Crippen LogP contribution in [0.3, 0.4) is 0 Å². The summed E-state index contributed by atoms with van der Waals surface area (Å²) in [6, 6.07) is 15.2. The van der Waals surface area contributed by atoms with Gasteiger partial charge in [-0.05, 0) is 44.3 Å². The van der Waals surface area contributed by atoms with Crippen LogP contribution in [0.5, 0.6) is 5.75 Å². The Morgan fingerprint density at radius 2 is 1.88 bits per heavy atom. The summed E-state index contributed by atoms with van der Waals surface area (Å²) in [7, 11) is 1.84. The Morgan fingerprint density at radius 3 is 2.50 bits per heavy atom. The van der Waals surface area contributed by atoms with Crippen LogP contribution in [0.4, 0.5) is 4.39 Å². The van der Waals surface area contributed by atoms with Crippen LogP contribution >= 0.6 is 0 Å². The van der Waals surface area contributed by atoms with E-state index in [1.807, 2.05) is 24.9 Å². The Labute approximate surface area is 141 Å². The van der Waals surface area contributed by atoms with Gasteiger partial charge in [-0.15, -0.1) is 0 Å². The van der Waals surface area contributed by atoms with E-state index in [2.05, 4.69) is 0 Å². The van der Waals surface area contributed by atoms with Gasteiger partial charge in [0.05, 0.1) is 11.6 Å². The lowest BCUT2D eigenvalue weighted by atomic mass is 10.1. The summed E-state index contributed by atoms with van der Waals surface area (Å²) in [6.07, 6.45) is -0.708. The average Bonchev–Trinajstić information content (AvgIpc) is 2.60. The predicted octanol–water partition coefficient (Wildman–Crippen LogP) is 3.13. The number of likely N-dealkylation sites (N-methyl/N-ethyl adjacent to an activating group) is 1. The molecule has 2 unspecified atom stereocenters. The summed E-state index contributed by atoms with van der Waals surface area (Å²) in [5.74, 6) is 0.345. The zero-order valence-corrected chi connectivity index (χ0v) is 13.8. The van der Waals surface area contributed by atoms with E-state index in [4.69, 9.17) is 10.00 Å². The van der Waals surface area contributed by atoms with Crippen LogP contribution in [0.1, 0.15) is 24.1 Å². The first-order valence-corrected chi connectivity index (χ1v) is 7.77. The van der Waals surface area contributed by atoms with Crippen LogP contribution in [-0.4, -0.2) is 36.3 Å². The fourth-order valence-electron chi connectivity index (χ4n) is 2.41. The van der Waals surface area contributed by atoms with E-state index in [0.29, 0.717) is 23.4 Å². The van der Waals surface area contributed by atoms with Gasteiger partial charge in [0.2, 0.25) is 0 Å². The number of nitrogens with zero attached hydrogens (tertiary/aromatic N) is 2. The summed E-state index contributed by atoms with van der Waals surface area (Å²) in [5.41, 5.74) is 1.15. The molecule has 0 saturated carbocycles. The molecule has 2 atom stereocenters. The molecule has 0 radical (unpaired) electrons. The summed E-state index contributed by atoms with van der Waals surface area (Å²) < 4.78 is 19.3. The molecular weight excluding hydrogens is 307 g/mol. The summed E-state index contributed by atoms with van der Waals surface area (Å²) in [5, 5.41) is 18.9. The molecule has 1 N–H and O–H groups in total. The second-order valence-electron chi connectivity index (χ2n) is 5.74. The van der Waals surface area contributed by atoms with Gasteiger partial charge in [-0.1, -0.05) is 18.2 Å². The van der Waals surface area contributed by atoms with Crippen molar-refractivity contribution in [1.82, 2.24) is 4.90 Å². The SMILES string of the molecule is CC(c1ccccc1F)N(C)CC(O)COc1ccc(C#N)cc1. The minimum absolute atomic E-state index is 0.125. The van der Waals surface area contributed by atoms with Crippen molar-refractivity contribution in [3.8, 4) is 11.8 Å². The normalized spacial score (nSPS) is 13.3. The number of benzene rings is 2. The lowest BCUT2D eigenvalue weighted by Crippen LogP contribution is -2.35. The maximum atomic E-state index is 13.8. The monoisotopic (exact) mass is 328 g/mol. The Balaban J connectivity index is 1.86. The zero-order chi connectivity index (χ0) is 17.5. The summed E-state index contributed by atoms with van der Waals surface area (Å²) in [4.78, 5) is 1.88. The molecule has 5 heteroatoms. The van der Waals surface area contributed by atoms with Crippen molar-refractivity contribution < 1.29 is 14.2 Å². The fourth-order valence-corrected chi connectivity index (χ4v) is 2.41. The Bertz CT molecular complexity index is 697. The van der Waals surface area contributed by atoms with Gasteiger partial charge in [0, 0.05) is 18.2 Å². The number of hydrogen-bond donors (Lipinski definition) is 1. The van der Waals surface area contributed by atoms with Gasteiger partial charge < -0.3 is 9.84 Å².